The predicted octanol–water partition coefficient (Wildman–Crippen LogP) is 6.11. The molecular weight excluding hydrogens is 434 g/mol. The number of ketones is 1. The van der Waals surface area contributed by atoms with Crippen molar-refractivity contribution < 1.29 is 4.79 Å². The van der Waals surface area contributed by atoms with Gasteiger partial charge in [0.25, 0.3) is 5.56 Å². The SMILES string of the molecule is CCn1cc2cc(/C=C/C(=O)c3c(-c4ccccc4)c4cc(Cl)ccc4[nH]c3=O)ccc2n1. The van der Waals surface area contributed by atoms with E-state index in [1.165, 1.54) is 6.08 Å². The van der Waals surface area contributed by atoms with E-state index < -0.39 is 5.56 Å². The Hall–Kier alpha value is -3.96. The van der Waals surface area contributed by atoms with Gasteiger partial charge in [-0.15, -0.1) is 0 Å². The van der Waals surface area contributed by atoms with Crippen molar-refractivity contribution in [2.75, 3.05) is 0 Å². The van der Waals surface area contributed by atoms with Gasteiger partial charge in [-0.2, -0.15) is 5.10 Å². The molecule has 2 aromatic heterocycles. The fraction of sp³-hybridized carbons (Fsp3) is 0.0741. The number of carbonyl (C=O) groups excluding carboxylic acids is 1. The van der Waals surface area contributed by atoms with Gasteiger partial charge in [-0.1, -0.05) is 54.1 Å². The maximum Gasteiger partial charge on any atom is 0.260 e. The molecule has 3 aromatic carbocycles. The van der Waals surface area contributed by atoms with Crippen molar-refractivity contribution in [1.82, 2.24) is 14.8 Å². The number of H-pyrrole nitrogens is 1. The number of nitrogens with one attached hydrogen (secondary N) is 1. The number of aryl methyl sites for hydroxylation is 1. The lowest BCUT2D eigenvalue weighted by Crippen LogP contribution is -2.18. The van der Waals surface area contributed by atoms with Gasteiger partial charge in [0.2, 0.25) is 0 Å². The first-order valence-corrected chi connectivity index (χ1v) is 11.0. The van der Waals surface area contributed by atoms with Gasteiger partial charge < -0.3 is 4.98 Å². The second-order valence-electron chi connectivity index (χ2n) is 7.76. The number of nitrogens with zero attached hydrogens (tertiary/aromatic N) is 2. The molecule has 0 bridgehead atoms. The van der Waals surface area contributed by atoms with Gasteiger partial charge in [0.05, 0.1) is 11.1 Å². The zero-order valence-corrected chi connectivity index (χ0v) is 18.6. The van der Waals surface area contributed by atoms with Gasteiger partial charge in [0.15, 0.2) is 5.78 Å². The van der Waals surface area contributed by atoms with Crippen molar-refractivity contribution in [3.05, 3.63) is 106 Å². The molecule has 2 heterocycles. The molecule has 0 fully saturated rings. The van der Waals surface area contributed by atoms with Crippen LogP contribution in [0.1, 0.15) is 22.8 Å². The number of hydrogen-bond acceptors (Lipinski definition) is 3. The first-order valence-electron chi connectivity index (χ1n) is 10.6. The number of aromatic nitrogens is 3. The van der Waals surface area contributed by atoms with E-state index in [2.05, 4.69) is 10.1 Å². The highest BCUT2D eigenvalue weighted by atomic mass is 35.5. The summed E-state index contributed by atoms with van der Waals surface area (Å²) < 4.78 is 1.87. The van der Waals surface area contributed by atoms with Crippen LogP contribution in [0.5, 0.6) is 0 Å². The molecule has 0 unspecified atom stereocenters. The number of halogens is 1. The molecule has 0 saturated carbocycles. The molecule has 5 nitrogen and oxygen atoms in total. The van der Waals surface area contributed by atoms with E-state index in [0.29, 0.717) is 16.1 Å². The number of benzene rings is 3. The Kier molecular flexibility index (Phi) is 5.40. The van der Waals surface area contributed by atoms with E-state index in [-0.39, 0.29) is 11.3 Å². The van der Waals surface area contributed by atoms with E-state index in [1.807, 2.05) is 66.3 Å². The molecule has 0 atom stereocenters. The third-order valence-corrected chi connectivity index (χ3v) is 5.85. The molecule has 0 spiro atoms. The van der Waals surface area contributed by atoms with Crippen LogP contribution < -0.4 is 5.56 Å². The van der Waals surface area contributed by atoms with Crippen molar-refractivity contribution in [3.63, 3.8) is 0 Å². The third-order valence-electron chi connectivity index (χ3n) is 5.61. The maximum absolute atomic E-state index is 13.3. The number of carbonyl (C=O) groups is 1. The summed E-state index contributed by atoms with van der Waals surface area (Å²) in [7, 11) is 0. The Labute approximate surface area is 194 Å². The summed E-state index contributed by atoms with van der Waals surface area (Å²) in [6.07, 6.45) is 5.14. The largest absolute Gasteiger partial charge is 0.321 e. The topological polar surface area (TPSA) is 67.8 Å². The number of fused-ring (bicyclic) bond motifs is 2. The lowest BCUT2D eigenvalue weighted by Gasteiger charge is -2.11. The quantitative estimate of drug-likeness (QED) is 0.257. The first-order chi connectivity index (χ1) is 16.0. The average Bonchev–Trinajstić information content (AvgIpc) is 3.25. The second-order valence-corrected chi connectivity index (χ2v) is 8.20. The second kappa shape index (κ2) is 8.52. The molecule has 5 rings (SSSR count). The van der Waals surface area contributed by atoms with Gasteiger partial charge in [-0.05, 0) is 54.5 Å². The van der Waals surface area contributed by atoms with E-state index in [1.54, 1.807) is 24.3 Å². The fourth-order valence-electron chi connectivity index (χ4n) is 4.02. The molecule has 6 heteroatoms. The van der Waals surface area contributed by atoms with Crippen LogP contribution >= 0.6 is 11.6 Å². The standard InChI is InChI=1S/C27H20ClN3O2/c1-2-31-16-19-14-17(8-11-22(19)30-31)9-13-24(32)26-25(18-6-4-3-5-7-18)21-15-20(28)10-12-23(21)29-27(26)33/h3-16H,2H2,1H3,(H,29,33)/b13-9+. The minimum Gasteiger partial charge on any atom is -0.321 e. The number of allylic oxidation sites excluding steroid dienone is 1. The van der Waals surface area contributed by atoms with E-state index in [0.717, 1.165) is 34.0 Å². The summed E-state index contributed by atoms with van der Waals surface area (Å²) in [5, 5.41) is 6.72. The van der Waals surface area contributed by atoms with Gasteiger partial charge in [0.1, 0.15) is 0 Å². The molecule has 162 valence electrons. The smallest absolute Gasteiger partial charge is 0.260 e. The van der Waals surface area contributed by atoms with Crippen molar-refractivity contribution in [1.29, 1.82) is 0 Å². The minimum atomic E-state index is -0.432. The average molecular weight is 454 g/mol. The molecule has 33 heavy (non-hydrogen) atoms. The Morgan fingerprint density at radius 1 is 1.09 bits per heavy atom. The van der Waals surface area contributed by atoms with Crippen LogP contribution in [0.2, 0.25) is 5.02 Å². The monoisotopic (exact) mass is 453 g/mol. The van der Waals surface area contributed by atoms with Crippen LogP contribution in [-0.4, -0.2) is 20.5 Å². The predicted molar refractivity (Wildman–Crippen MR) is 134 cm³/mol. The van der Waals surface area contributed by atoms with Gasteiger partial charge in [-0.3, -0.25) is 14.3 Å². The number of hydrogen-bond donors (Lipinski definition) is 1. The zero-order chi connectivity index (χ0) is 22.9. The molecule has 0 aliphatic carbocycles. The van der Waals surface area contributed by atoms with Crippen LogP contribution in [0.25, 0.3) is 39.0 Å². The Morgan fingerprint density at radius 2 is 1.91 bits per heavy atom. The first kappa shape index (κ1) is 20.9. The minimum absolute atomic E-state index is 0.0899. The number of rotatable bonds is 5. The molecule has 0 aliphatic rings. The Balaban J connectivity index is 1.62. The summed E-state index contributed by atoms with van der Waals surface area (Å²) in [5.74, 6) is -0.374. The number of aromatic amines is 1. The molecule has 5 aromatic rings. The third kappa shape index (κ3) is 3.99. The zero-order valence-electron chi connectivity index (χ0n) is 17.9. The van der Waals surface area contributed by atoms with Crippen LogP contribution in [-0.2, 0) is 6.54 Å². The molecule has 0 radical (unpaired) electrons. The molecular formula is C27H20ClN3O2. The van der Waals surface area contributed by atoms with Crippen molar-refractivity contribution in [2.45, 2.75) is 13.5 Å². The molecule has 0 amide bonds. The fourth-order valence-corrected chi connectivity index (χ4v) is 4.19. The highest BCUT2D eigenvalue weighted by Gasteiger charge is 2.19. The highest BCUT2D eigenvalue weighted by molar-refractivity contribution is 6.31. The van der Waals surface area contributed by atoms with Gasteiger partial charge >= 0.3 is 0 Å². The summed E-state index contributed by atoms with van der Waals surface area (Å²) in [4.78, 5) is 29.2. The van der Waals surface area contributed by atoms with Crippen LogP contribution in [0, 0.1) is 0 Å². The highest BCUT2D eigenvalue weighted by Crippen LogP contribution is 2.31. The lowest BCUT2D eigenvalue weighted by atomic mass is 9.94. The lowest BCUT2D eigenvalue weighted by molar-refractivity contribution is 0.104. The van der Waals surface area contributed by atoms with Crippen molar-refractivity contribution in [3.8, 4) is 11.1 Å². The Morgan fingerprint density at radius 3 is 2.70 bits per heavy atom. The van der Waals surface area contributed by atoms with Crippen molar-refractivity contribution >= 4 is 45.3 Å². The number of pyridine rings is 1. The molecule has 0 aliphatic heterocycles. The summed E-state index contributed by atoms with van der Waals surface area (Å²) >= 11 is 6.25. The van der Waals surface area contributed by atoms with E-state index in [4.69, 9.17) is 11.6 Å². The summed E-state index contributed by atoms with van der Waals surface area (Å²) in [6.45, 7) is 2.82. The van der Waals surface area contributed by atoms with Gasteiger partial charge in [0, 0.05) is 39.6 Å². The summed E-state index contributed by atoms with van der Waals surface area (Å²) in [6, 6.07) is 20.5. The Bertz CT molecular complexity index is 1600. The normalized spacial score (nSPS) is 11.6. The van der Waals surface area contributed by atoms with Gasteiger partial charge in [-0.25, -0.2) is 0 Å². The van der Waals surface area contributed by atoms with E-state index in [9.17, 15) is 9.59 Å². The molecule has 1 N–H and O–H groups in total. The van der Waals surface area contributed by atoms with Crippen LogP contribution in [0.3, 0.4) is 0 Å². The van der Waals surface area contributed by atoms with Crippen LogP contribution in [0.4, 0.5) is 0 Å². The molecule has 0 saturated heterocycles. The van der Waals surface area contributed by atoms with Crippen molar-refractivity contribution in [2.24, 2.45) is 0 Å². The maximum atomic E-state index is 13.3. The summed E-state index contributed by atoms with van der Waals surface area (Å²) in [5.41, 5.74) is 3.39. The van der Waals surface area contributed by atoms with E-state index >= 15 is 0 Å². The van der Waals surface area contributed by atoms with Crippen LogP contribution in [0.15, 0.2) is 83.8 Å².